The van der Waals surface area contributed by atoms with Crippen molar-refractivity contribution in [2.75, 3.05) is 6.54 Å². The van der Waals surface area contributed by atoms with Crippen LogP contribution >= 0.6 is 0 Å². The number of carbonyl (C=O) groups is 1. The second kappa shape index (κ2) is 2.56. The lowest BCUT2D eigenvalue weighted by Crippen LogP contribution is -2.23. The summed E-state index contributed by atoms with van der Waals surface area (Å²) < 4.78 is 0. The molecule has 1 saturated heterocycles. The van der Waals surface area contributed by atoms with Crippen LogP contribution < -0.4 is 5.73 Å². The molecular weight excluding hydrogens is 132 g/mol. The molecule has 58 valence electrons. The number of nitrogens with two attached hydrogens (primary N) is 1. The van der Waals surface area contributed by atoms with Crippen molar-refractivity contribution < 1.29 is 9.63 Å². The minimum Gasteiger partial charge on any atom is -0.368 e. The quantitative estimate of drug-likeness (QED) is 0.543. The van der Waals surface area contributed by atoms with E-state index in [1.807, 2.05) is 13.8 Å². The molecule has 0 radical (unpaired) electrons. The Morgan fingerprint density at radius 3 is 2.70 bits per heavy atom. The van der Waals surface area contributed by atoms with Crippen LogP contribution in [0.25, 0.3) is 0 Å². The average molecular weight is 144 g/mol. The van der Waals surface area contributed by atoms with Crippen molar-refractivity contribution >= 4 is 5.91 Å². The molecule has 0 spiro atoms. The second-order valence-corrected chi connectivity index (χ2v) is 2.67. The number of carbonyl (C=O) groups excluding carboxylic acids is 1. The molecule has 0 saturated carbocycles. The average Bonchev–Trinajstić information content (AvgIpc) is 2.43. The van der Waals surface area contributed by atoms with Crippen LogP contribution in [0.3, 0.4) is 0 Å². The van der Waals surface area contributed by atoms with E-state index in [1.165, 1.54) is 0 Å². The summed E-state index contributed by atoms with van der Waals surface area (Å²) in [6.45, 7) is 4.47. The summed E-state index contributed by atoms with van der Waals surface area (Å²) in [7, 11) is 0. The van der Waals surface area contributed by atoms with Gasteiger partial charge in [-0.3, -0.25) is 9.63 Å². The maximum atomic E-state index is 10.5. The number of rotatable bonds is 3. The standard InChI is InChI=1S/C6H12N2O2/c1-4(2)10-8-3-5(8)6(7)9/h4-5H,3H2,1-2H3,(H2,7,9)/t5-,8?/m0/s1. The molecule has 0 aromatic carbocycles. The molecule has 1 unspecified atom stereocenters. The summed E-state index contributed by atoms with van der Waals surface area (Å²) in [6.07, 6.45) is 0.129. The lowest BCUT2D eigenvalue weighted by Gasteiger charge is -2.05. The van der Waals surface area contributed by atoms with E-state index >= 15 is 0 Å². The second-order valence-electron chi connectivity index (χ2n) is 2.67. The molecule has 1 amide bonds. The van der Waals surface area contributed by atoms with Crippen LogP contribution in [0, 0.1) is 0 Å². The lowest BCUT2D eigenvalue weighted by molar-refractivity contribution is -0.133. The summed E-state index contributed by atoms with van der Waals surface area (Å²) in [4.78, 5) is 15.6. The van der Waals surface area contributed by atoms with Crippen molar-refractivity contribution in [3.8, 4) is 0 Å². The smallest absolute Gasteiger partial charge is 0.238 e. The molecule has 0 bridgehead atoms. The Labute approximate surface area is 59.9 Å². The largest absolute Gasteiger partial charge is 0.368 e. The van der Waals surface area contributed by atoms with Gasteiger partial charge in [-0.25, -0.2) is 0 Å². The highest BCUT2D eigenvalue weighted by molar-refractivity contribution is 5.82. The van der Waals surface area contributed by atoms with Crippen molar-refractivity contribution in [1.82, 2.24) is 5.06 Å². The summed E-state index contributed by atoms with van der Waals surface area (Å²) in [5.74, 6) is -0.305. The summed E-state index contributed by atoms with van der Waals surface area (Å²) in [6, 6.07) is -0.178. The molecule has 1 aliphatic rings. The van der Waals surface area contributed by atoms with Crippen LogP contribution in [0.2, 0.25) is 0 Å². The monoisotopic (exact) mass is 144 g/mol. The van der Waals surface area contributed by atoms with Crippen molar-refractivity contribution in [1.29, 1.82) is 0 Å². The molecule has 2 N–H and O–H groups in total. The number of hydrogen-bond acceptors (Lipinski definition) is 3. The van der Waals surface area contributed by atoms with Gasteiger partial charge in [0.1, 0.15) is 6.04 Å². The normalized spacial score (nSPS) is 30.7. The first kappa shape index (κ1) is 7.50. The molecular formula is C6H12N2O2. The Morgan fingerprint density at radius 2 is 2.40 bits per heavy atom. The number of nitrogens with zero attached hydrogens (tertiary/aromatic N) is 1. The molecule has 0 aromatic rings. The minimum absolute atomic E-state index is 0.129. The first-order chi connectivity index (χ1) is 4.61. The van der Waals surface area contributed by atoms with Gasteiger partial charge in [-0.05, 0) is 13.8 Å². The third kappa shape index (κ3) is 1.68. The number of hydrogen-bond donors (Lipinski definition) is 1. The van der Waals surface area contributed by atoms with E-state index in [4.69, 9.17) is 10.6 Å². The predicted molar refractivity (Wildman–Crippen MR) is 35.9 cm³/mol. The number of hydroxylamine groups is 2. The van der Waals surface area contributed by atoms with Crippen LogP contribution in [-0.2, 0) is 9.63 Å². The maximum Gasteiger partial charge on any atom is 0.238 e. The van der Waals surface area contributed by atoms with E-state index < -0.39 is 0 Å². The molecule has 4 nitrogen and oxygen atoms in total. The van der Waals surface area contributed by atoms with Gasteiger partial charge in [0.05, 0.1) is 12.6 Å². The van der Waals surface area contributed by atoms with Gasteiger partial charge < -0.3 is 5.73 Å². The van der Waals surface area contributed by atoms with Crippen LogP contribution in [0.4, 0.5) is 0 Å². The SMILES string of the molecule is CC(C)ON1C[C@H]1C(N)=O. The first-order valence-electron chi connectivity index (χ1n) is 3.34. The number of primary amides is 1. The van der Waals surface area contributed by atoms with Crippen LogP contribution in [0.5, 0.6) is 0 Å². The Kier molecular flexibility index (Phi) is 1.92. The maximum absolute atomic E-state index is 10.5. The Bertz CT molecular complexity index is 147. The molecule has 0 aromatic heterocycles. The molecule has 1 rings (SSSR count). The molecule has 0 aliphatic carbocycles. The van der Waals surface area contributed by atoms with E-state index in [1.54, 1.807) is 5.06 Å². The van der Waals surface area contributed by atoms with E-state index in [0.29, 0.717) is 6.54 Å². The zero-order chi connectivity index (χ0) is 7.72. The van der Waals surface area contributed by atoms with Gasteiger partial charge >= 0.3 is 0 Å². The highest BCUT2D eigenvalue weighted by atomic mass is 16.7. The molecule has 1 aliphatic heterocycles. The fourth-order valence-corrected chi connectivity index (χ4v) is 0.742. The van der Waals surface area contributed by atoms with Gasteiger partial charge in [0, 0.05) is 0 Å². The topological polar surface area (TPSA) is 55.3 Å². The molecule has 1 heterocycles. The summed E-state index contributed by atoms with van der Waals surface area (Å²) >= 11 is 0. The predicted octanol–water partition coefficient (Wildman–Crippen LogP) is -0.504. The third-order valence-electron chi connectivity index (χ3n) is 1.24. The highest BCUT2D eigenvalue weighted by Crippen LogP contribution is 2.17. The summed E-state index contributed by atoms with van der Waals surface area (Å²) in [5, 5.41) is 1.59. The van der Waals surface area contributed by atoms with E-state index in [2.05, 4.69) is 0 Å². The zero-order valence-electron chi connectivity index (χ0n) is 6.20. The van der Waals surface area contributed by atoms with Gasteiger partial charge in [0.15, 0.2) is 0 Å². The molecule has 4 heteroatoms. The van der Waals surface area contributed by atoms with Gasteiger partial charge in [-0.2, -0.15) is 5.06 Å². The Morgan fingerprint density at radius 1 is 1.80 bits per heavy atom. The summed E-state index contributed by atoms with van der Waals surface area (Å²) in [5.41, 5.74) is 5.00. The highest BCUT2D eigenvalue weighted by Gasteiger charge is 2.40. The fourth-order valence-electron chi connectivity index (χ4n) is 0.742. The van der Waals surface area contributed by atoms with Crippen molar-refractivity contribution in [2.24, 2.45) is 5.73 Å². The van der Waals surface area contributed by atoms with Crippen LogP contribution in [0.1, 0.15) is 13.8 Å². The van der Waals surface area contributed by atoms with Crippen molar-refractivity contribution in [2.45, 2.75) is 26.0 Å². The number of amides is 1. The van der Waals surface area contributed by atoms with Gasteiger partial charge in [-0.15, -0.1) is 0 Å². The molecule has 1 fully saturated rings. The van der Waals surface area contributed by atoms with Crippen molar-refractivity contribution in [3.63, 3.8) is 0 Å². The van der Waals surface area contributed by atoms with Gasteiger partial charge in [-0.1, -0.05) is 0 Å². The van der Waals surface area contributed by atoms with Gasteiger partial charge in [0.2, 0.25) is 5.91 Å². The van der Waals surface area contributed by atoms with Crippen LogP contribution in [0.15, 0.2) is 0 Å². The van der Waals surface area contributed by atoms with Crippen LogP contribution in [-0.4, -0.2) is 29.7 Å². The van der Waals surface area contributed by atoms with E-state index in [9.17, 15) is 4.79 Å². The Hall–Kier alpha value is -0.610. The third-order valence-corrected chi connectivity index (χ3v) is 1.24. The van der Waals surface area contributed by atoms with E-state index in [-0.39, 0.29) is 18.1 Å². The molecule has 10 heavy (non-hydrogen) atoms. The molecule has 2 atom stereocenters. The Balaban J connectivity index is 2.20. The zero-order valence-corrected chi connectivity index (χ0v) is 6.20. The minimum atomic E-state index is -0.305. The van der Waals surface area contributed by atoms with E-state index in [0.717, 1.165) is 0 Å². The van der Waals surface area contributed by atoms with Crippen molar-refractivity contribution in [3.05, 3.63) is 0 Å². The lowest BCUT2D eigenvalue weighted by atomic mass is 10.5. The van der Waals surface area contributed by atoms with Gasteiger partial charge in [0.25, 0.3) is 0 Å². The fraction of sp³-hybridized carbons (Fsp3) is 0.833. The first-order valence-corrected chi connectivity index (χ1v) is 3.34.